The second kappa shape index (κ2) is 6.03. The molecule has 3 atom stereocenters. The Morgan fingerprint density at radius 3 is 3.10 bits per heavy atom. The minimum absolute atomic E-state index is 0.0950. The standard InChI is InChI=1S/C16H22N2O3/c1-10(17-12-4-3-5-14(12)20-2)11-6-7-15-13(8-11)18-16(19)9-21-15/h6-8,10,12,14,17H,3-5,9H2,1-2H3,(H,18,19). The Morgan fingerprint density at radius 2 is 2.29 bits per heavy atom. The summed E-state index contributed by atoms with van der Waals surface area (Å²) in [6, 6.07) is 6.55. The molecule has 3 rings (SSSR count). The molecule has 5 heteroatoms. The molecule has 1 amide bonds. The van der Waals surface area contributed by atoms with Gasteiger partial charge in [-0.15, -0.1) is 0 Å². The van der Waals surface area contributed by atoms with Gasteiger partial charge in [0.15, 0.2) is 6.61 Å². The van der Waals surface area contributed by atoms with Crippen LogP contribution in [0.5, 0.6) is 5.75 Å². The van der Waals surface area contributed by atoms with Crippen LogP contribution in [0, 0.1) is 0 Å². The minimum Gasteiger partial charge on any atom is -0.482 e. The van der Waals surface area contributed by atoms with Crippen molar-refractivity contribution in [2.45, 2.75) is 44.4 Å². The lowest BCUT2D eigenvalue weighted by Gasteiger charge is -2.25. The van der Waals surface area contributed by atoms with Gasteiger partial charge in [0, 0.05) is 19.2 Å². The molecule has 3 unspecified atom stereocenters. The summed E-state index contributed by atoms with van der Waals surface area (Å²) in [7, 11) is 1.78. The molecule has 0 saturated heterocycles. The van der Waals surface area contributed by atoms with Crippen LogP contribution in [0.25, 0.3) is 0 Å². The number of benzene rings is 1. The van der Waals surface area contributed by atoms with Crippen molar-refractivity contribution in [1.29, 1.82) is 0 Å². The van der Waals surface area contributed by atoms with Crippen molar-refractivity contribution in [2.75, 3.05) is 19.0 Å². The van der Waals surface area contributed by atoms with Gasteiger partial charge in [-0.2, -0.15) is 0 Å². The van der Waals surface area contributed by atoms with Crippen molar-refractivity contribution >= 4 is 11.6 Å². The summed E-state index contributed by atoms with van der Waals surface area (Å²) < 4.78 is 10.9. The maximum absolute atomic E-state index is 11.4. The van der Waals surface area contributed by atoms with E-state index in [0.717, 1.165) is 29.8 Å². The molecular formula is C16H22N2O3. The molecule has 0 aromatic heterocycles. The molecule has 1 heterocycles. The van der Waals surface area contributed by atoms with Crippen molar-refractivity contribution in [1.82, 2.24) is 5.32 Å². The molecule has 114 valence electrons. The van der Waals surface area contributed by atoms with Crippen molar-refractivity contribution in [3.8, 4) is 5.75 Å². The molecule has 0 spiro atoms. The predicted molar refractivity (Wildman–Crippen MR) is 80.6 cm³/mol. The van der Waals surface area contributed by atoms with E-state index in [9.17, 15) is 4.79 Å². The number of ether oxygens (including phenoxy) is 2. The van der Waals surface area contributed by atoms with Crippen LogP contribution in [-0.4, -0.2) is 31.8 Å². The number of carbonyl (C=O) groups excluding carboxylic acids is 1. The van der Waals surface area contributed by atoms with Crippen molar-refractivity contribution in [3.63, 3.8) is 0 Å². The highest BCUT2D eigenvalue weighted by Crippen LogP contribution is 2.31. The number of amides is 1. The molecule has 1 aromatic carbocycles. The summed E-state index contributed by atoms with van der Waals surface area (Å²) in [4.78, 5) is 11.4. The summed E-state index contributed by atoms with van der Waals surface area (Å²) in [5, 5.41) is 6.49. The molecule has 2 aliphatic rings. The van der Waals surface area contributed by atoms with Gasteiger partial charge in [-0.3, -0.25) is 4.79 Å². The largest absolute Gasteiger partial charge is 0.482 e. The third kappa shape index (κ3) is 3.04. The average Bonchev–Trinajstić information content (AvgIpc) is 2.93. The average molecular weight is 290 g/mol. The highest BCUT2D eigenvalue weighted by atomic mass is 16.5. The van der Waals surface area contributed by atoms with Gasteiger partial charge in [0.2, 0.25) is 0 Å². The Kier molecular flexibility index (Phi) is 4.12. The Morgan fingerprint density at radius 1 is 1.43 bits per heavy atom. The third-order valence-electron chi connectivity index (χ3n) is 4.36. The smallest absolute Gasteiger partial charge is 0.262 e. The van der Waals surface area contributed by atoms with Gasteiger partial charge in [0.25, 0.3) is 5.91 Å². The lowest BCUT2D eigenvalue weighted by atomic mass is 10.0. The second-order valence-corrected chi connectivity index (χ2v) is 5.79. The van der Waals surface area contributed by atoms with Crippen molar-refractivity contribution in [2.24, 2.45) is 0 Å². The number of nitrogens with one attached hydrogen (secondary N) is 2. The van der Waals surface area contributed by atoms with Crippen LogP contribution in [0.1, 0.15) is 37.8 Å². The van der Waals surface area contributed by atoms with Gasteiger partial charge in [-0.1, -0.05) is 6.07 Å². The Bertz CT molecular complexity index is 532. The number of hydrogen-bond acceptors (Lipinski definition) is 4. The Balaban J connectivity index is 1.71. The first-order chi connectivity index (χ1) is 10.2. The van der Waals surface area contributed by atoms with E-state index in [-0.39, 0.29) is 18.6 Å². The van der Waals surface area contributed by atoms with Crippen molar-refractivity contribution < 1.29 is 14.3 Å². The molecule has 1 aliphatic heterocycles. The van der Waals surface area contributed by atoms with E-state index < -0.39 is 0 Å². The number of rotatable bonds is 4. The van der Waals surface area contributed by atoms with E-state index in [0.29, 0.717) is 12.1 Å². The van der Waals surface area contributed by atoms with E-state index >= 15 is 0 Å². The summed E-state index contributed by atoms with van der Waals surface area (Å²) in [5.74, 6) is 0.636. The van der Waals surface area contributed by atoms with E-state index in [1.165, 1.54) is 6.42 Å². The van der Waals surface area contributed by atoms with E-state index in [1.54, 1.807) is 7.11 Å². The van der Waals surface area contributed by atoms with Crippen LogP contribution in [0.15, 0.2) is 18.2 Å². The summed E-state index contributed by atoms with van der Waals surface area (Å²) in [5.41, 5.74) is 1.90. The maximum Gasteiger partial charge on any atom is 0.262 e. The molecule has 21 heavy (non-hydrogen) atoms. The first-order valence-electron chi connectivity index (χ1n) is 7.53. The Labute approximate surface area is 125 Å². The van der Waals surface area contributed by atoms with Gasteiger partial charge in [0.1, 0.15) is 5.75 Å². The zero-order valence-electron chi connectivity index (χ0n) is 12.5. The van der Waals surface area contributed by atoms with Gasteiger partial charge < -0.3 is 20.1 Å². The highest BCUT2D eigenvalue weighted by molar-refractivity contribution is 5.95. The van der Waals surface area contributed by atoms with Crippen LogP contribution in [-0.2, 0) is 9.53 Å². The number of methoxy groups -OCH3 is 1. The van der Waals surface area contributed by atoms with Gasteiger partial charge >= 0.3 is 0 Å². The second-order valence-electron chi connectivity index (χ2n) is 5.79. The lowest BCUT2D eigenvalue weighted by molar-refractivity contribution is -0.118. The highest BCUT2D eigenvalue weighted by Gasteiger charge is 2.28. The van der Waals surface area contributed by atoms with E-state index in [2.05, 4.69) is 17.6 Å². The van der Waals surface area contributed by atoms with Crippen molar-refractivity contribution in [3.05, 3.63) is 23.8 Å². The molecule has 0 radical (unpaired) electrons. The maximum atomic E-state index is 11.4. The monoisotopic (exact) mass is 290 g/mol. The molecule has 2 N–H and O–H groups in total. The number of fused-ring (bicyclic) bond motifs is 1. The van der Waals surface area contributed by atoms with Crippen LogP contribution in [0.3, 0.4) is 0 Å². The normalized spacial score (nSPS) is 25.9. The molecule has 1 aliphatic carbocycles. The van der Waals surface area contributed by atoms with Gasteiger partial charge in [-0.05, 0) is 43.9 Å². The fourth-order valence-corrected chi connectivity index (χ4v) is 3.19. The quantitative estimate of drug-likeness (QED) is 0.893. The van der Waals surface area contributed by atoms with Crippen LogP contribution >= 0.6 is 0 Å². The topological polar surface area (TPSA) is 59.6 Å². The van der Waals surface area contributed by atoms with Crippen LogP contribution in [0.4, 0.5) is 5.69 Å². The first kappa shape index (κ1) is 14.4. The molecule has 1 saturated carbocycles. The first-order valence-corrected chi connectivity index (χ1v) is 7.53. The molecule has 1 aromatic rings. The molecule has 0 bridgehead atoms. The molecule has 5 nitrogen and oxygen atoms in total. The van der Waals surface area contributed by atoms with E-state index in [4.69, 9.17) is 9.47 Å². The molecule has 1 fully saturated rings. The van der Waals surface area contributed by atoms with Crippen LogP contribution in [0.2, 0.25) is 0 Å². The fraction of sp³-hybridized carbons (Fsp3) is 0.562. The zero-order chi connectivity index (χ0) is 14.8. The third-order valence-corrected chi connectivity index (χ3v) is 4.36. The molecular weight excluding hydrogens is 268 g/mol. The fourth-order valence-electron chi connectivity index (χ4n) is 3.19. The lowest BCUT2D eigenvalue weighted by Crippen LogP contribution is -2.38. The predicted octanol–water partition coefficient (Wildman–Crippen LogP) is 2.24. The summed E-state index contributed by atoms with van der Waals surface area (Å²) in [6.45, 7) is 2.23. The van der Waals surface area contributed by atoms with Gasteiger partial charge in [0.05, 0.1) is 11.8 Å². The number of carbonyl (C=O) groups is 1. The van der Waals surface area contributed by atoms with E-state index in [1.807, 2.05) is 18.2 Å². The van der Waals surface area contributed by atoms with Crippen LogP contribution < -0.4 is 15.4 Å². The summed E-state index contributed by atoms with van der Waals surface area (Å²) in [6.07, 6.45) is 3.77. The number of anilines is 1. The minimum atomic E-state index is -0.101. The number of hydrogen-bond donors (Lipinski definition) is 2. The zero-order valence-corrected chi connectivity index (χ0v) is 12.5. The summed E-state index contributed by atoms with van der Waals surface area (Å²) >= 11 is 0. The Hall–Kier alpha value is -1.59. The SMILES string of the molecule is COC1CCCC1NC(C)c1ccc2c(c1)NC(=O)CO2. The van der Waals surface area contributed by atoms with Gasteiger partial charge in [-0.25, -0.2) is 0 Å².